The number of hydrogen-bond donors (Lipinski definition) is 0. The first-order valence-electron chi connectivity index (χ1n) is 5.39. The molecule has 0 amide bonds. The van der Waals surface area contributed by atoms with Gasteiger partial charge in [-0.05, 0) is 31.1 Å². The summed E-state index contributed by atoms with van der Waals surface area (Å²) >= 11 is 0. The first-order valence-corrected chi connectivity index (χ1v) is 6.89. The van der Waals surface area contributed by atoms with E-state index in [-0.39, 0.29) is 6.04 Å². The molecule has 1 fully saturated rings. The van der Waals surface area contributed by atoms with Crippen molar-refractivity contribution in [3.05, 3.63) is 12.0 Å². The normalized spacial score (nSPS) is 22.9. The van der Waals surface area contributed by atoms with Crippen LogP contribution in [0.3, 0.4) is 0 Å². The van der Waals surface area contributed by atoms with Gasteiger partial charge in [0.15, 0.2) is 0 Å². The van der Waals surface area contributed by atoms with Gasteiger partial charge >= 0.3 is 0 Å². The molecular formula is C11H21NO2S. The fraction of sp³-hybridized carbons (Fsp3) is 0.818. The van der Waals surface area contributed by atoms with Crippen molar-refractivity contribution >= 4 is 10.0 Å². The van der Waals surface area contributed by atoms with E-state index in [1.54, 1.807) is 7.05 Å². The Morgan fingerprint density at radius 2 is 1.80 bits per heavy atom. The van der Waals surface area contributed by atoms with E-state index in [0.717, 1.165) is 31.1 Å². The highest BCUT2D eigenvalue weighted by atomic mass is 32.2. The Hall–Kier alpha value is -0.350. The molecule has 1 aliphatic carbocycles. The number of hydrogen-bond acceptors (Lipinski definition) is 2. The monoisotopic (exact) mass is 231 g/mol. The number of rotatable bonds is 3. The maximum atomic E-state index is 11.6. The molecule has 88 valence electrons. The Morgan fingerprint density at radius 3 is 2.20 bits per heavy atom. The Kier molecular flexibility index (Phi) is 3.61. The third-order valence-electron chi connectivity index (χ3n) is 3.43. The molecule has 1 rings (SSSR count). The van der Waals surface area contributed by atoms with Gasteiger partial charge in [-0.25, -0.2) is 8.42 Å². The van der Waals surface area contributed by atoms with Crippen molar-refractivity contribution in [2.75, 3.05) is 7.05 Å². The summed E-state index contributed by atoms with van der Waals surface area (Å²) < 4.78 is 24.6. The van der Waals surface area contributed by atoms with Crippen LogP contribution in [0.25, 0.3) is 0 Å². The molecule has 0 aromatic rings. The van der Waals surface area contributed by atoms with E-state index in [9.17, 15) is 8.42 Å². The second-order valence-corrected chi connectivity index (χ2v) is 7.06. The van der Waals surface area contributed by atoms with Gasteiger partial charge < -0.3 is 0 Å². The Bertz CT molecular complexity index is 322. The molecule has 1 aliphatic rings. The summed E-state index contributed by atoms with van der Waals surface area (Å²) in [4.78, 5) is 0. The minimum Gasteiger partial charge on any atom is -0.208 e. The molecule has 0 aromatic heterocycles. The van der Waals surface area contributed by atoms with E-state index >= 15 is 0 Å². The quantitative estimate of drug-likeness (QED) is 0.747. The van der Waals surface area contributed by atoms with Gasteiger partial charge in [-0.1, -0.05) is 20.4 Å². The Labute approximate surface area is 93.2 Å². The minimum atomic E-state index is -3.24. The van der Waals surface area contributed by atoms with E-state index in [4.69, 9.17) is 0 Å². The van der Waals surface area contributed by atoms with Crippen molar-refractivity contribution in [2.24, 2.45) is 5.41 Å². The first-order chi connectivity index (χ1) is 6.78. The number of nitrogens with zero attached hydrogens (tertiary/aromatic N) is 1. The van der Waals surface area contributed by atoms with Gasteiger partial charge in [0.05, 0.1) is 0 Å². The lowest BCUT2D eigenvalue weighted by Gasteiger charge is -2.37. The van der Waals surface area contributed by atoms with Gasteiger partial charge in [-0.3, -0.25) is 0 Å². The molecule has 15 heavy (non-hydrogen) atoms. The van der Waals surface area contributed by atoms with Crippen molar-refractivity contribution in [2.45, 2.75) is 45.6 Å². The molecule has 0 saturated heterocycles. The fourth-order valence-corrected chi connectivity index (χ4v) is 2.93. The lowest BCUT2D eigenvalue weighted by Crippen LogP contribution is -2.39. The first kappa shape index (κ1) is 12.7. The van der Waals surface area contributed by atoms with E-state index in [1.807, 2.05) is 0 Å². The van der Waals surface area contributed by atoms with Gasteiger partial charge in [-0.2, -0.15) is 4.31 Å². The molecule has 0 bridgehead atoms. The van der Waals surface area contributed by atoms with Crippen LogP contribution in [0.5, 0.6) is 0 Å². The van der Waals surface area contributed by atoms with E-state index < -0.39 is 10.0 Å². The Morgan fingerprint density at radius 1 is 1.33 bits per heavy atom. The van der Waals surface area contributed by atoms with Gasteiger partial charge in [0.25, 0.3) is 0 Å². The lowest BCUT2D eigenvalue weighted by atomic mass is 9.76. The van der Waals surface area contributed by atoms with Crippen molar-refractivity contribution in [1.29, 1.82) is 0 Å². The molecule has 0 aliphatic heterocycles. The molecule has 0 spiro atoms. The predicted molar refractivity (Wildman–Crippen MR) is 62.9 cm³/mol. The summed E-state index contributed by atoms with van der Waals surface area (Å²) in [5.41, 5.74) is 0.370. The lowest BCUT2D eigenvalue weighted by molar-refractivity contribution is 0.175. The van der Waals surface area contributed by atoms with Crippen molar-refractivity contribution in [3.8, 4) is 0 Å². The van der Waals surface area contributed by atoms with Crippen LogP contribution >= 0.6 is 0 Å². The molecule has 0 heterocycles. The van der Waals surface area contributed by atoms with Gasteiger partial charge in [0.2, 0.25) is 10.0 Å². The van der Waals surface area contributed by atoms with E-state index in [2.05, 4.69) is 20.4 Å². The topological polar surface area (TPSA) is 37.4 Å². The zero-order chi connectivity index (χ0) is 11.7. The molecule has 0 radical (unpaired) electrons. The summed E-state index contributed by atoms with van der Waals surface area (Å²) in [5.74, 6) is 0. The average Bonchev–Trinajstić information content (AvgIpc) is 2.17. The fourth-order valence-electron chi connectivity index (χ4n) is 2.07. The maximum absolute atomic E-state index is 11.6. The molecule has 4 heteroatoms. The molecule has 3 nitrogen and oxygen atoms in total. The van der Waals surface area contributed by atoms with Crippen molar-refractivity contribution in [3.63, 3.8) is 0 Å². The summed E-state index contributed by atoms with van der Waals surface area (Å²) in [6.07, 6.45) is 4.09. The summed E-state index contributed by atoms with van der Waals surface area (Å²) in [6.45, 7) is 7.83. The summed E-state index contributed by atoms with van der Waals surface area (Å²) in [6, 6.07) is 0.154. The van der Waals surface area contributed by atoms with Crippen molar-refractivity contribution in [1.82, 2.24) is 4.31 Å². The maximum Gasteiger partial charge on any atom is 0.235 e. The van der Waals surface area contributed by atoms with Gasteiger partial charge in [0, 0.05) is 18.5 Å². The van der Waals surface area contributed by atoms with Gasteiger partial charge in [0.1, 0.15) is 0 Å². The largest absolute Gasteiger partial charge is 0.235 e. The molecular weight excluding hydrogens is 210 g/mol. The number of sulfonamides is 1. The smallest absolute Gasteiger partial charge is 0.208 e. The standard InChI is InChI=1S/C11H21NO2S/c1-5-15(13,14)12(4)10-6-8-11(2,3)9-7-10/h5,10H,1,6-9H2,2-4H3. The highest BCUT2D eigenvalue weighted by Gasteiger charge is 2.32. The Balaban J connectivity index is 2.65. The van der Waals surface area contributed by atoms with E-state index in [1.165, 1.54) is 4.31 Å². The van der Waals surface area contributed by atoms with Crippen molar-refractivity contribution < 1.29 is 8.42 Å². The second-order valence-electron chi connectivity index (χ2n) is 5.12. The molecule has 0 atom stereocenters. The van der Waals surface area contributed by atoms with Crippen LogP contribution in [0.2, 0.25) is 0 Å². The van der Waals surface area contributed by atoms with Crippen LogP contribution in [0, 0.1) is 5.41 Å². The van der Waals surface area contributed by atoms with Crippen LogP contribution < -0.4 is 0 Å². The molecule has 0 aromatic carbocycles. The predicted octanol–water partition coefficient (Wildman–Crippen LogP) is 2.36. The zero-order valence-electron chi connectivity index (χ0n) is 9.86. The second kappa shape index (κ2) is 4.26. The van der Waals surface area contributed by atoms with Crippen LogP contribution in [0.1, 0.15) is 39.5 Å². The van der Waals surface area contributed by atoms with Crippen LogP contribution in [-0.2, 0) is 10.0 Å². The van der Waals surface area contributed by atoms with Crippen LogP contribution in [0.4, 0.5) is 0 Å². The molecule has 0 unspecified atom stereocenters. The van der Waals surface area contributed by atoms with Crippen LogP contribution in [0.15, 0.2) is 12.0 Å². The average molecular weight is 231 g/mol. The summed E-state index contributed by atoms with van der Waals surface area (Å²) in [7, 11) is -1.59. The summed E-state index contributed by atoms with van der Waals surface area (Å²) in [5, 5.41) is 1.03. The third-order valence-corrected chi connectivity index (χ3v) is 4.96. The van der Waals surface area contributed by atoms with E-state index in [0.29, 0.717) is 5.41 Å². The highest BCUT2D eigenvalue weighted by molar-refractivity contribution is 7.92. The SMILES string of the molecule is C=CS(=O)(=O)N(C)C1CCC(C)(C)CC1. The minimum absolute atomic E-state index is 0.154. The highest BCUT2D eigenvalue weighted by Crippen LogP contribution is 2.37. The molecule has 1 saturated carbocycles. The molecule has 0 N–H and O–H groups in total. The zero-order valence-corrected chi connectivity index (χ0v) is 10.7. The van der Waals surface area contributed by atoms with Gasteiger partial charge in [-0.15, -0.1) is 0 Å². The third kappa shape index (κ3) is 3.05. The van der Waals surface area contributed by atoms with Crippen LogP contribution in [-0.4, -0.2) is 25.8 Å².